The molecule has 1 atom stereocenters. The second kappa shape index (κ2) is 8.07. The highest BCUT2D eigenvalue weighted by Crippen LogP contribution is 2.25. The van der Waals surface area contributed by atoms with Crippen LogP contribution < -0.4 is 5.32 Å². The minimum Gasteiger partial charge on any atom is -0.379 e. The van der Waals surface area contributed by atoms with E-state index in [0.29, 0.717) is 19.8 Å². The Morgan fingerprint density at radius 1 is 1.38 bits per heavy atom. The zero-order valence-electron chi connectivity index (χ0n) is 13.0. The van der Waals surface area contributed by atoms with Gasteiger partial charge in [0.15, 0.2) is 0 Å². The van der Waals surface area contributed by atoms with Gasteiger partial charge in [0.1, 0.15) is 5.82 Å². The molecule has 1 aliphatic heterocycles. The highest BCUT2D eigenvalue weighted by molar-refractivity contribution is 7.10. The van der Waals surface area contributed by atoms with E-state index in [-0.39, 0.29) is 16.6 Å². The largest absolute Gasteiger partial charge is 0.379 e. The molecule has 0 bridgehead atoms. The molecule has 0 saturated carbocycles. The third-order valence-electron chi connectivity index (χ3n) is 3.99. The van der Waals surface area contributed by atoms with E-state index in [1.165, 1.54) is 17.0 Å². The Bertz CT molecular complexity index is 690. The van der Waals surface area contributed by atoms with Gasteiger partial charge in [0.2, 0.25) is 0 Å². The Labute approximate surface area is 149 Å². The van der Waals surface area contributed by atoms with Crippen molar-refractivity contribution < 1.29 is 13.9 Å². The van der Waals surface area contributed by atoms with Crippen molar-refractivity contribution in [2.45, 2.75) is 6.04 Å². The van der Waals surface area contributed by atoms with Crippen LogP contribution in [0.2, 0.25) is 5.02 Å². The van der Waals surface area contributed by atoms with Gasteiger partial charge in [0, 0.05) is 29.5 Å². The lowest BCUT2D eigenvalue weighted by Gasteiger charge is -2.34. The van der Waals surface area contributed by atoms with Crippen LogP contribution in [0.5, 0.6) is 0 Å². The van der Waals surface area contributed by atoms with E-state index in [1.54, 1.807) is 11.3 Å². The van der Waals surface area contributed by atoms with Crippen LogP contribution in [0, 0.1) is 5.82 Å². The number of nitrogens with one attached hydrogen (secondary N) is 1. The topological polar surface area (TPSA) is 41.6 Å². The van der Waals surface area contributed by atoms with Gasteiger partial charge in [-0.2, -0.15) is 0 Å². The quantitative estimate of drug-likeness (QED) is 0.880. The van der Waals surface area contributed by atoms with E-state index in [9.17, 15) is 9.18 Å². The molecule has 128 valence electrons. The Morgan fingerprint density at radius 3 is 2.83 bits per heavy atom. The first-order chi connectivity index (χ1) is 11.6. The standard InChI is InChI=1S/C17H18ClFN2O2S/c18-12-3-4-13(14(19)10-12)17(22)20-11-15(16-2-1-9-24-16)21-5-7-23-8-6-21/h1-4,9-10,15H,5-8,11H2,(H,20,22)/t15-/m0/s1. The van der Waals surface area contributed by atoms with Crippen LogP contribution in [0.15, 0.2) is 35.7 Å². The molecule has 0 spiro atoms. The number of hydrogen-bond donors (Lipinski definition) is 1. The Hall–Kier alpha value is -1.47. The molecule has 3 rings (SSSR count). The summed E-state index contributed by atoms with van der Waals surface area (Å²) in [5.41, 5.74) is 0.00584. The van der Waals surface area contributed by atoms with Gasteiger partial charge in [-0.1, -0.05) is 17.7 Å². The second-order valence-electron chi connectivity index (χ2n) is 5.51. The van der Waals surface area contributed by atoms with Gasteiger partial charge in [-0.15, -0.1) is 11.3 Å². The number of benzene rings is 1. The van der Waals surface area contributed by atoms with Gasteiger partial charge < -0.3 is 10.1 Å². The number of morpholine rings is 1. The van der Waals surface area contributed by atoms with E-state index >= 15 is 0 Å². The third kappa shape index (κ3) is 4.13. The summed E-state index contributed by atoms with van der Waals surface area (Å²) in [6.45, 7) is 3.41. The Balaban J connectivity index is 1.70. The number of ether oxygens (including phenoxy) is 1. The summed E-state index contributed by atoms with van der Waals surface area (Å²) in [5.74, 6) is -1.04. The van der Waals surface area contributed by atoms with Crippen LogP contribution in [-0.4, -0.2) is 43.7 Å². The molecule has 1 N–H and O–H groups in total. The molecule has 1 aromatic carbocycles. The Morgan fingerprint density at radius 2 is 2.17 bits per heavy atom. The molecule has 1 amide bonds. The molecule has 4 nitrogen and oxygen atoms in total. The van der Waals surface area contributed by atoms with Gasteiger partial charge >= 0.3 is 0 Å². The van der Waals surface area contributed by atoms with Crippen molar-refractivity contribution in [1.29, 1.82) is 0 Å². The molecule has 1 saturated heterocycles. The lowest BCUT2D eigenvalue weighted by molar-refractivity contribution is 0.0169. The molecular formula is C17H18ClFN2O2S. The first-order valence-corrected chi connectivity index (χ1v) is 8.99. The van der Waals surface area contributed by atoms with Crippen molar-refractivity contribution in [1.82, 2.24) is 10.2 Å². The van der Waals surface area contributed by atoms with Crippen LogP contribution in [0.1, 0.15) is 21.3 Å². The molecule has 1 aromatic heterocycles. The molecule has 2 heterocycles. The molecule has 0 aliphatic carbocycles. The lowest BCUT2D eigenvalue weighted by Crippen LogP contribution is -2.43. The van der Waals surface area contributed by atoms with Crippen LogP contribution >= 0.6 is 22.9 Å². The highest BCUT2D eigenvalue weighted by Gasteiger charge is 2.24. The summed E-state index contributed by atoms with van der Waals surface area (Å²) in [4.78, 5) is 15.8. The first-order valence-electron chi connectivity index (χ1n) is 7.73. The zero-order chi connectivity index (χ0) is 16.9. The maximum atomic E-state index is 13.9. The van der Waals surface area contributed by atoms with Crippen molar-refractivity contribution in [2.24, 2.45) is 0 Å². The summed E-state index contributed by atoms with van der Waals surface area (Å²) in [6.07, 6.45) is 0. The van der Waals surface area contributed by atoms with Crippen LogP contribution in [-0.2, 0) is 4.74 Å². The number of thiophene rings is 1. The summed E-state index contributed by atoms with van der Waals surface area (Å²) in [7, 11) is 0. The number of hydrogen-bond acceptors (Lipinski definition) is 4. The van der Waals surface area contributed by atoms with Gasteiger partial charge in [-0.05, 0) is 29.6 Å². The van der Waals surface area contributed by atoms with Gasteiger partial charge in [0.25, 0.3) is 5.91 Å². The SMILES string of the molecule is O=C(NC[C@@H](c1cccs1)N1CCOCC1)c1ccc(Cl)cc1F. The number of carbonyl (C=O) groups excluding carboxylic acids is 1. The van der Waals surface area contributed by atoms with Crippen molar-refractivity contribution >= 4 is 28.8 Å². The maximum Gasteiger partial charge on any atom is 0.254 e. The summed E-state index contributed by atoms with van der Waals surface area (Å²) in [6, 6.07) is 8.18. The zero-order valence-corrected chi connectivity index (χ0v) is 14.6. The number of amides is 1. The van der Waals surface area contributed by atoms with Crippen molar-refractivity contribution in [3.05, 3.63) is 57.0 Å². The average Bonchev–Trinajstić information content (AvgIpc) is 3.10. The van der Waals surface area contributed by atoms with E-state index in [1.807, 2.05) is 11.4 Å². The third-order valence-corrected chi connectivity index (χ3v) is 5.20. The van der Waals surface area contributed by atoms with E-state index in [0.717, 1.165) is 19.2 Å². The van der Waals surface area contributed by atoms with Crippen LogP contribution in [0.4, 0.5) is 4.39 Å². The predicted molar refractivity (Wildman–Crippen MR) is 93.2 cm³/mol. The molecule has 2 aromatic rings. The molecule has 1 aliphatic rings. The van der Waals surface area contributed by atoms with Gasteiger partial charge in [-0.3, -0.25) is 9.69 Å². The minimum atomic E-state index is -0.612. The monoisotopic (exact) mass is 368 g/mol. The number of halogens is 2. The first kappa shape index (κ1) is 17.4. The molecule has 0 radical (unpaired) electrons. The maximum absolute atomic E-state index is 13.9. The summed E-state index contributed by atoms with van der Waals surface area (Å²) in [5, 5.41) is 5.14. The fourth-order valence-corrected chi connectivity index (χ4v) is 3.76. The van der Waals surface area contributed by atoms with E-state index < -0.39 is 11.7 Å². The van der Waals surface area contributed by atoms with Crippen molar-refractivity contribution in [2.75, 3.05) is 32.8 Å². The highest BCUT2D eigenvalue weighted by atomic mass is 35.5. The number of carbonyl (C=O) groups is 1. The molecular weight excluding hydrogens is 351 g/mol. The van der Waals surface area contributed by atoms with Gasteiger partial charge in [0.05, 0.1) is 24.8 Å². The van der Waals surface area contributed by atoms with E-state index in [2.05, 4.69) is 16.3 Å². The number of nitrogens with zero attached hydrogens (tertiary/aromatic N) is 1. The Kier molecular flexibility index (Phi) is 5.84. The number of rotatable bonds is 5. The van der Waals surface area contributed by atoms with Crippen molar-refractivity contribution in [3.8, 4) is 0 Å². The fourth-order valence-electron chi connectivity index (χ4n) is 2.74. The average molecular weight is 369 g/mol. The second-order valence-corrected chi connectivity index (χ2v) is 6.93. The molecule has 1 fully saturated rings. The normalized spacial score (nSPS) is 16.8. The predicted octanol–water partition coefficient (Wildman–Crippen LogP) is 3.34. The smallest absolute Gasteiger partial charge is 0.254 e. The fraction of sp³-hybridized carbons (Fsp3) is 0.353. The summed E-state index contributed by atoms with van der Waals surface area (Å²) >= 11 is 7.38. The lowest BCUT2D eigenvalue weighted by atomic mass is 10.1. The molecule has 7 heteroatoms. The van der Waals surface area contributed by atoms with Crippen LogP contribution in [0.25, 0.3) is 0 Å². The van der Waals surface area contributed by atoms with Crippen LogP contribution in [0.3, 0.4) is 0 Å². The minimum absolute atomic E-state index is 0.00584. The van der Waals surface area contributed by atoms with Gasteiger partial charge in [-0.25, -0.2) is 4.39 Å². The van der Waals surface area contributed by atoms with E-state index in [4.69, 9.17) is 16.3 Å². The summed E-state index contributed by atoms with van der Waals surface area (Å²) < 4.78 is 19.3. The molecule has 24 heavy (non-hydrogen) atoms. The molecule has 0 unspecified atom stereocenters. The van der Waals surface area contributed by atoms with Crippen molar-refractivity contribution in [3.63, 3.8) is 0 Å².